The van der Waals surface area contributed by atoms with Crippen molar-refractivity contribution < 1.29 is 4.74 Å². The Bertz CT molecular complexity index is 241. The van der Waals surface area contributed by atoms with Crippen LogP contribution in [0.15, 0.2) is 0 Å². The topological polar surface area (TPSA) is 15.7 Å². The van der Waals surface area contributed by atoms with Crippen molar-refractivity contribution in [2.75, 3.05) is 46.4 Å². The molecule has 0 amide bonds. The largest absolute Gasteiger partial charge is 0.383 e. The zero-order valence-corrected chi connectivity index (χ0v) is 13.1. The van der Waals surface area contributed by atoms with Crippen molar-refractivity contribution in [2.24, 2.45) is 11.8 Å². The van der Waals surface area contributed by atoms with Gasteiger partial charge in [0.1, 0.15) is 0 Å². The zero-order valence-electron chi connectivity index (χ0n) is 13.1. The van der Waals surface area contributed by atoms with E-state index in [9.17, 15) is 0 Å². The highest BCUT2D eigenvalue weighted by molar-refractivity contribution is 4.83. The highest BCUT2D eigenvalue weighted by Gasteiger charge is 2.28. The molecule has 0 unspecified atom stereocenters. The monoisotopic (exact) mass is 268 g/mol. The Labute approximate surface area is 119 Å². The third-order valence-corrected chi connectivity index (χ3v) is 5.20. The van der Waals surface area contributed by atoms with E-state index in [1.807, 2.05) is 0 Å². The Hall–Kier alpha value is -0.120. The number of methoxy groups -OCH3 is 1. The van der Waals surface area contributed by atoms with Gasteiger partial charge in [-0.3, -0.25) is 0 Å². The Morgan fingerprint density at radius 3 is 2.16 bits per heavy atom. The van der Waals surface area contributed by atoms with Gasteiger partial charge in [0, 0.05) is 19.7 Å². The first-order valence-electron chi connectivity index (χ1n) is 8.16. The molecule has 0 radical (unpaired) electrons. The molecule has 3 heteroatoms. The number of likely N-dealkylation sites (tertiary alicyclic amines) is 2. The molecule has 0 aliphatic carbocycles. The molecule has 0 atom stereocenters. The lowest BCUT2D eigenvalue weighted by molar-refractivity contribution is 0.0596. The quantitative estimate of drug-likeness (QED) is 0.762. The van der Waals surface area contributed by atoms with E-state index in [1.165, 1.54) is 51.9 Å². The molecule has 0 aromatic carbocycles. The van der Waals surface area contributed by atoms with E-state index >= 15 is 0 Å². The van der Waals surface area contributed by atoms with Crippen molar-refractivity contribution in [1.82, 2.24) is 9.80 Å². The summed E-state index contributed by atoms with van der Waals surface area (Å²) in [6, 6.07) is 0.854. The van der Waals surface area contributed by atoms with Gasteiger partial charge in [-0.05, 0) is 63.7 Å². The molecule has 2 aliphatic heterocycles. The molecular formula is C16H32N2O. The average molecular weight is 268 g/mol. The van der Waals surface area contributed by atoms with Crippen molar-refractivity contribution in [1.29, 1.82) is 0 Å². The summed E-state index contributed by atoms with van der Waals surface area (Å²) >= 11 is 0. The van der Waals surface area contributed by atoms with Crippen LogP contribution in [0.25, 0.3) is 0 Å². The molecule has 2 saturated heterocycles. The van der Waals surface area contributed by atoms with Crippen LogP contribution in [0.4, 0.5) is 0 Å². The normalized spacial score (nSPS) is 25.3. The second kappa shape index (κ2) is 7.61. The minimum Gasteiger partial charge on any atom is -0.383 e. The van der Waals surface area contributed by atoms with Gasteiger partial charge in [-0.15, -0.1) is 0 Å². The van der Waals surface area contributed by atoms with Crippen molar-refractivity contribution in [3.8, 4) is 0 Å². The summed E-state index contributed by atoms with van der Waals surface area (Å²) in [4.78, 5) is 5.33. The molecule has 0 aromatic heterocycles. The van der Waals surface area contributed by atoms with Gasteiger partial charge in [0.15, 0.2) is 0 Å². The maximum atomic E-state index is 5.17. The first-order valence-corrected chi connectivity index (χ1v) is 8.16. The van der Waals surface area contributed by atoms with Gasteiger partial charge < -0.3 is 14.5 Å². The van der Waals surface area contributed by atoms with Crippen molar-refractivity contribution in [2.45, 2.75) is 45.6 Å². The number of ether oxygens (including phenoxy) is 1. The van der Waals surface area contributed by atoms with E-state index in [0.29, 0.717) is 0 Å². The molecule has 0 N–H and O–H groups in total. The minimum atomic E-state index is 0.854. The van der Waals surface area contributed by atoms with Crippen molar-refractivity contribution in [3.05, 3.63) is 0 Å². The van der Waals surface area contributed by atoms with Crippen LogP contribution in [-0.4, -0.2) is 62.3 Å². The Morgan fingerprint density at radius 2 is 1.63 bits per heavy atom. The molecule has 0 aromatic rings. The lowest BCUT2D eigenvalue weighted by Crippen LogP contribution is -2.48. The summed E-state index contributed by atoms with van der Waals surface area (Å²) in [5, 5.41) is 0. The third kappa shape index (κ3) is 4.44. The molecule has 19 heavy (non-hydrogen) atoms. The summed E-state index contributed by atoms with van der Waals surface area (Å²) in [7, 11) is 1.80. The number of hydrogen-bond acceptors (Lipinski definition) is 3. The molecular weight excluding hydrogens is 236 g/mol. The lowest BCUT2D eigenvalue weighted by Gasteiger charge is -2.42. The van der Waals surface area contributed by atoms with E-state index in [2.05, 4.69) is 23.6 Å². The third-order valence-electron chi connectivity index (χ3n) is 5.20. The maximum Gasteiger partial charge on any atom is 0.0589 e. The van der Waals surface area contributed by atoms with E-state index < -0.39 is 0 Å². The van der Waals surface area contributed by atoms with Gasteiger partial charge in [-0.1, -0.05) is 13.8 Å². The van der Waals surface area contributed by atoms with Crippen LogP contribution in [0.5, 0.6) is 0 Å². The van der Waals surface area contributed by atoms with Crippen LogP contribution in [0, 0.1) is 11.8 Å². The number of rotatable bonds is 5. The van der Waals surface area contributed by atoms with Crippen LogP contribution in [-0.2, 0) is 4.74 Å². The summed E-state index contributed by atoms with van der Waals surface area (Å²) in [6.07, 6.45) is 5.55. The van der Waals surface area contributed by atoms with Gasteiger partial charge in [-0.25, -0.2) is 0 Å². The van der Waals surface area contributed by atoms with E-state index in [4.69, 9.17) is 4.74 Å². The summed E-state index contributed by atoms with van der Waals surface area (Å²) in [5.41, 5.74) is 0. The van der Waals surface area contributed by atoms with Gasteiger partial charge in [0.25, 0.3) is 0 Å². The smallest absolute Gasteiger partial charge is 0.0589 e. The maximum absolute atomic E-state index is 5.17. The van der Waals surface area contributed by atoms with E-state index in [0.717, 1.165) is 31.0 Å². The Morgan fingerprint density at radius 1 is 1.00 bits per heavy atom. The second-order valence-corrected chi connectivity index (χ2v) is 6.68. The van der Waals surface area contributed by atoms with Crippen LogP contribution < -0.4 is 0 Å². The molecule has 0 bridgehead atoms. The molecule has 2 aliphatic rings. The Balaban J connectivity index is 1.68. The highest BCUT2D eigenvalue weighted by atomic mass is 16.5. The first-order chi connectivity index (χ1) is 9.20. The molecule has 2 rings (SSSR count). The predicted molar refractivity (Wildman–Crippen MR) is 80.5 cm³/mol. The van der Waals surface area contributed by atoms with E-state index in [-0.39, 0.29) is 0 Å². The SMILES string of the molecule is COCCN1CCC(N2CCC(C(C)C)CC2)CC1. The van der Waals surface area contributed by atoms with Crippen LogP contribution in [0.2, 0.25) is 0 Å². The molecule has 2 fully saturated rings. The molecule has 0 spiro atoms. The van der Waals surface area contributed by atoms with Crippen molar-refractivity contribution in [3.63, 3.8) is 0 Å². The minimum absolute atomic E-state index is 0.854. The van der Waals surface area contributed by atoms with Gasteiger partial charge >= 0.3 is 0 Å². The second-order valence-electron chi connectivity index (χ2n) is 6.68. The fraction of sp³-hybridized carbons (Fsp3) is 1.00. The molecule has 3 nitrogen and oxygen atoms in total. The van der Waals surface area contributed by atoms with Gasteiger partial charge in [0.05, 0.1) is 6.61 Å². The first kappa shape index (κ1) is 15.3. The van der Waals surface area contributed by atoms with Crippen LogP contribution in [0.3, 0.4) is 0 Å². The van der Waals surface area contributed by atoms with Gasteiger partial charge in [-0.2, -0.15) is 0 Å². The highest BCUT2D eigenvalue weighted by Crippen LogP contribution is 2.27. The summed E-state index contributed by atoms with van der Waals surface area (Å²) in [6.45, 7) is 12.0. The number of nitrogens with zero attached hydrogens (tertiary/aromatic N) is 2. The number of hydrogen-bond donors (Lipinski definition) is 0. The van der Waals surface area contributed by atoms with Crippen molar-refractivity contribution >= 4 is 0 Å². The average Bonchev–Trinajstić information content (AvgIpc) is 2.46. The standard InChI is InChI=1S/C16H32N2O/c1-14(2)15-4-10-18(11-5-15)16-6-8-17(9-7-16)12-13-19-3/h14-16H,4-13H2,1-3H3. The fourth-order valence-electron chi connectivity index (χ4n) is 3.68. The van der Waals surface area contributed by atoms with Crippen LogP contribution >= 0.6 is 0 Å². The predicted octanol–water partition coefficient (Wildman–Crippen LogP) is 2.47. The van der Waals surface area contributed by atoms with Crippen LogP contribution in [0.1, 0.15) is 39.5 Å². The molecule has 112 valence electrons. The Kier molecular flexibility index (Phi) is 6.11. The summed E-state index contributed by atoms with van der Waals surface area (Å²) < 4.78 is 5.17. The van der Waals surface area contributed by atoms with Gasteiger partial charge in [0.2, 0.25) is 0 Å². The molecule has 0 saturated carbocycles. The number of piperidine rings is 2. The zero-order chi connectivity index (χ0) is 13.7. The lowest BCUT2D eigenvalue weighted by atomic mass is 9.85. The molecule has 2 heterocycles. The van der Waals surface area contributed by atoms with E-state index in [1.54, 1.807) is 7.11 Å². The fourth-order valence-corrected chi connectivity index (χ4v) is 3.68. The summed E-state index contributed by atoms with van der Waals surface area (Å²) in [5.74, 6) is 1.84.